The number of ether oxygens (including phenoxy) is 1. The van der Waals surface area contributed by atoms with Gasteiger partial charge < -0.3 is 4.74 Å². The van der Waals surface area contributed by atoms with Crippen LogP contribution in [0.5, 0.6) is 0 Å². The molecule has 25 heavy (non-hydrogen) atoms. The van der Waals surface area contributed by atoms with Gasteiger partial charge in [0.2, 0.25) is 0 Å². The Morgan fingerprint density at radius 2 is 1.76 bits per heavy atom. The molecule has 0 aliphatic rings. The molecule has 0 aromatic carbocycles. The minimum Gasteiger partial charge on any atom is -0.466 e. The summed E-state index contributed by atoms with van der Waals surface area (Å²) in [6.45, 7) is 4.46. The summed E-state index contributed by atoms with van der Waals surface area (Å²) in [4.78, 5) is 25.5. The third kappa shape index (κ3) is 10.9. The molecule has 1 heterocycles. The zero-order valence-corrected chi connectivity index (χ0v) is 16.5. The fraction of sp³-hybridized carbons (Fsp3) is 0.619. The molecule has 0 saturated carbocycles. The average molecular weight is 365 g/mol. The lowest BCUT2D eigenvalue weighted by Gasteiger charge is -2.01. The lowest BCUT2D eigenvalue weighted by molar-refractivity contribution is -0.143. The number of carbonyl (C=O) groups is 2. The van der Waals surface area contributed by atoms with Crippen molar-refractivity contribution in [1.82, 2.24) is 0 Å². The molecule has 0 spiro atoms. The average Bonchev–Trinajstić information content (AvgIpc) is 3.04. The Bertz CT molecular complexity index is 531. The van der Waals surface area contributed by atoms with Gasteiger partial charge in [0.25, 0.3) is 0 Å². The summed E-state index contributed by atoms with van der Waals surface area (Å²) in [7, 11) is 0. The van der Waals surface area contributed by atoms with Gasteiger partial charge in [0.1, 0.15) is 0 Å². The normalized spacial score (nSPS) is 11.1. The summed E-state index contributed by atoms with van der Waals surface area (Å²) in [6, 6.07) is 4.25. The number of thiophene rings is 1. The van der Waals surface area contributed by atoms with E-state index >= 15 is 0 Å². The molecule has 0 saturated heterocycles. The molecule has 0 unspecified atom stereocenters. The molecule has 140 valence electrons. The van der Waals surface area contributed by atoms with Crippen LogP contribution in [-0.4, -0.2) is 18.4 Å². The van der Waals surface area contributed by atoms with Gasteiger partial charge in [-0.25, -0.2) is 0 Å². The molecule has 0 aliphatic heterocycles. The first-order chi connectivity index (χ1) is 12.2. The summed E-state index contributed by atoms with van der Waals surface area (Å²) in [5.41, 5.74) is 0. The summed E-state index contributed by atoms with van der Waals surface area (Å²) >= 11 is 1.77. The van der Waals surface area contributed by atoms with E-state index in [0.29, 0.717) is 19.4 Å². The van der Waals surface area contributed by atoms with Crippen molar-refractivity contribution >= 4 is 29.2 Å². The van der Waals surface area contributed by atoms with Crippen molar-refractivity contribution in [3.8, 4) is 0 Å². The molecule has 0 radical (unpaired) electrons. The first-order valence-electron chi connectivity index (χ1n) is 9.61. The Morgan fingerprint density at radius 3 is 2.52 bits per heavy atom. The van der Waals surface area contributed by atoms with Gasteiger partial charge in [-0.05, 0) is 56.9 Å². The molecule has 1 rings (SSSR count). The predicted octanol–water partition coefficient (Wildman–Crippen LogP) is 5.97. The van der Waals surface area contributed by atoms with Crippen LogP contribution in [0.15, 0.2) is 18.2 Å². The Morgan fingerprint density at radius 1 is 1.00 bits per heavy atom. The Balaban J connectivity index is 2.16. The highest BCUT2D eigenvalue weighted by molar-refractivity contribution is 7.12. The van der Waals surface area contributed by atoms with Crippen molar-refractivity contribution < 1.29 is 14.3 Å². The number of hydrogen-bond acceptors (Lipinski definition) is 4. The zero-order valence-electron chi connectivity index (χ0n) is 15.7. The van der Waals surface area contributed by atoms with Crippen LogP contribution in [0.2, 0.25) is 0 Å². The lowest BCUT2D eigenvalue weighted by atomic mass is 10.1. The molecule has 0 atom stereocenters. The van der Waals surface area contributed by atoms with Crippen LogP contribution in [0.1, 0.15) is 81.4 Å². The molecule has 1 aromatic heterocycles. The summed E-state index contributed by atoms with van der Waals surface area (Å²) in [6.07, 6.45) is 13.5. The van der Waals surface area contributed by atoms with Crippen molar-refractivity contribution in [3.63, 3.8) is 0 Å². The van der Waals surface area contributed by atoms with Crippen molar-refractivity contribution in [1.29, 1.82) is 0 Å². The molecule has 1 aromatic rings. The van der Waals surface area contributed by atoms with Crippen LogP contribution in [0.25, 0.3) is 6.08 Å². The second-order valence-corrected chi connectivity index (χ2v) is 7.48. The zero-order chi connectivity index (χ0) is 18.3. The number of ketones is 1. The third-order valence-corrected chi connectivity index (χ3v) is 5.11. The molecule has 0 fully saturated rings. The molecule has 0 amide bonds. The van der Waals surface area contributed by atoms with E-state index in [1.165, 1.54) is 4.88 Å². The largest absolute Gasteiger partial charge is 0.466 e. The van der Waals surface area contributed by atoms with E-state index in [4.69, 9.17) is 4.74 Å². The van der Waals surface area contributed by atoms with Crippen molar-refractivity contribution in [2.45, 2.75) is 78.1 Å². The van der Waals surface area contributed by atoms with Crippen LogP contribution in [0.4, 0.5) is 0 Å². The second-order valence-electron chi connectivity index (χ2n) is 6.28. The molecule has 3 nitrogen and oxygen atoms in total. The highest BCUT2D eigenvalue weighted by atomic mass is 32.1. The Hall–Kier alpha value is -1.42. The standard InChI is InChI=1S/C21H32O3S/c1-3-5-8-11-18(22)14-15-20-17-16-19(25-20)12-9-6-7-10-13-21(23)24-4-2/h14-17H,3-13H2,1-2H3/b15-14+. The Labute approximate surface area is 156 Å². The van der Waals surface area contributed by atoms with Crippen LogP contribution in [0.3, 0.4) is 0 Å². The van der Waals surface area contributed by atoms with E-state index in [0.717, 1.165) is 56.2 Å². The van der Waals surface area contributed by atoms with Crippen molar-refractivity contribution in [2.75, 3.05) is 6.61 Å². The van der Waals surface area contributed by atoms with Gasteiger partial charge in [-0.1, -0.05) is 32.6 Å². The fourth-order valence-corrected chi connectivity index (χ4v) is 3.54. The summed E-state index contributed by atoms with van der Waals surface area (Å²) in [5.74, 6) is 0.145. The predicted molar refractivity (Wildman–Crippen MR) is 106 cm³/mol. The van der Waals surface area contributed by atoms with Gasteiger partial charge in [0.15, 0.2) is 5.78 Å². The molecule has 0 N–H and O–H groups in total. The molecule has 0 bridgehead atoms. The number of unbranched alkanes of at least 4 members (excludes halogenated alkanes) is 5. The van der Waals surface area contributed by atoms with E-state index in [1.807, 2.05) is 13.0 Å². The minimum atomic E-state index is -0.0820. The quantitative estimate of drug-likeness (QED) is 0.232. The summed E-state index contributed by atoms with van der Waals surface area (Å²) < 4.78 is 4.92. The van der Waals surface area contributed by atoms with E-state index < -0.39 is 0 Å². The van der Waals surface area contributed by atoms with E-state index in [9.17, 15) is 9.59 Å². The lowest BCUT2D eigenvalue weighted by Crippen LogP contribution is -2.03. The first-order valence-corrected chi connectivity index (χ1v) is 10.4. The highest BCUT2D eigenvalue weighted by Crippen LogP contribution is 2.20. The maximum absolute atomic E-state index is 11.7. The molecular formula is C21H32O3S. The van der Waals surface area contributed by atoms with Crippen LogP contribution >= 0.6 is 11.3 Å². The molecular weight excluding hydrogens is 332 g/mol. The second kappa shape index (κ2) is 13.8. The number of esters is 1. The van der Waals surface area contributed by atoms with Gasteiger partial charge in [-0.15, -0.1) is 11.3 Å². The van der Waals surface area contributed by atoms with E-state index in [2.05, 4.69) is 19.1 Å². The van der Waals surface area contributed by atoms with Crippen LogP contribution in [-0.2, 0) is 20.7 Å². The van der Waals surface area contributed by atoms with E-state index in [-0.39, 0.29) is 11.8 Å². The first kappa shape index (κ1) is 21.6. The van der Waals surface area contributed by atoms with Gasteiger partial charge in [-0.3, -0.25) is 9.59 Å². The Kier molecular flexibility index (Phi) is 12.0. The number of carbonyl (C=O) groups excluding carboxylic acids is 2. The van der Waals surface area contributed by atoms with Gasteiger partial charge in [0.05, 0.1) is 6.61 Å². The van der Waals surface area contributed by atoms with Crippen molar-refractivity contribution in [3.05, 3.63) is 28.0 Å². The third-order valence-electron chi connectivity index (χ3n) is 4.00. The van der Waals surface area contributed by atoms with Gasteiger partial charge in [0, 0.05) is 22.6 Å². The number of allylic oxidation sites excluding steroid dienone is 1. The number of aryl methyl sites for hydroxylation is 1. The molecule has 4 heteroatoms. The smallest absolute Gasteiger partial charge is 0.305 e. The number of hydrogen-bond donors (Lipinski definition) is 0. The maximum Gasteiger partial charge on any atom is 0.305 e. The van der Waals surface area contributed by atoms with Gasteiger partial charge in [-0.2, -0.15) is 0 Å². The SMILES string of the molecule is CCCCCC(=O)/C=C/c1ccc(CCCCCCC(=O)OCC)s1. The van der Waals surface area contributed by atoms with Crippen molar-refractivity contribution in [2.24, 2.45) is 0 Å². The fourth-order valence-electron chi connectivity index (χ4n) is 2.58. The van der Waals surface area contributed by atoms with Crippen LogP contribution < -0.4 is 0 Å². The van der Waals surface area contributed by atoms with Crippen LogP contribution in [0, 0.1) is 0 Å². The van der Waals surface area contributed by atoms with E-state index in [1.54, 1.807) is 17.4 Å². The summed E-state index contributed by atoms with van der Waals surface area (Å²) in [5, 5.41) is 0. The number of rotatable bonds is 14. The maximum atomic E-state index is 11.7. The topological polar surface area (TPSA) is 43.4 Å². The monoisotopic (exact) mass is 364 g/mol. The highest BCUT2D eigenvalue weighted by Gasteiger charge is 2.02. The van der Waals surface area contributed by atoms with Gasteiger partial charge >= 0.3 is 5.97 Å². The molecule has 0 aliphatic carbocycles. The minimum absolute atomic E-state index is 0.0820.